The largest absolute Gasteiger partial charge is 0.444 e. The van der Waals surface area contributed by atoms with Crippen molar-refractivity contribution >= 4 is 11.8 Å². The van der Waals surface area contributed by atoms with Gasteiger partial charge in [0.15, 0.2) is 0 Å². The molecule has 0 atom stereocenters. The van der Waals surface area contributed by atoms with Crippen molar-refractivity contribution in [1.29, 1.82) is 0 Å². The Morgan fingerprint density at radius 1 is 1.29 bits per heavy atom. The van der Waals surface area contributed by atoms with E-state index in [-0.39, 0.29) is 6.09 Å². The zero-order valence-electron chi connectivity index (χ0n) is 15.2. The molecule has 1 aromatic carbocycles. The summed E-state index contributed by atoms with van der Waals surface area (Å²) in [5, 5.41) is 6.09. The number of hydrogen-bond donors (Lipinski definition) is 2. The molecule has 5 nitrogen and oxygen atoms in total. The molecular formula is C19H29N3O2. The van der Waals surface area contributed by atoms with E-state index in [4.69, 9.17) is 4.74 Å². The van der Waals surface area contributed by atoms with Crippen molar-refractivity contribution < 1.29 is 9.53 Å². The maximum Gasteiger partial charge on any atom is 0.407 e. The first-order chi connectivity index (χ1) is 11.3. The first kappa shape index (κ1) is 18.3. The number of benzene rings is 1. The Labute approximate surface area is 145 Å². The minimum Gasteiger partial charge on any atom is -0.444 e. The van der Waals surface area contributed by atoms with Crippen LogP contribution in [-0.4, -0.2) is 38.4 Å². The van der Waals surface area contributed by atoms with E-state index in [0.29, 0.717) is 6.54 Å². The highest BCUT2D eigenvalue weighted by molar-refractivity contribution is 5.67. The van der Waals surface area contributed by atoms with Gasteiger partial charge in [0.1, 0.15) is 5.60 Å². The van der Waals surface area contributed by atoms with Crippen molar-refractivity contribution in [3.63, 3.8) is 0 Å². The number of rotatable bonds is 6. The molecular weight excluding hydrogens is 302 g/mol. The van der Waals surface area contributed by atoms with Crippen LogP contribution in [0.5, 0.6) is 0 Å². The Balaban J connectivity index is 1.62. The van der Waals surface area contributed by atoms with Crippen LogP contribution < -0.4 is 15.5 Å². The van der Waals surface area contributed by atoms with E-state index in [1.54, 1.807) is 0 Å². The zero-order chi connectivity index (χ0) is 17.6. The molecule has 24 heavy (non-hydrogen) atoms. The van der Waals surface area contributed by atoms with Crippen LogP contribution >= 0.6 is 0 Å². The molecule has 1 amide bonds. The molecule has 0 aliphatic carbocycles. The Morgan fingerprint density at radius 2 is 2.04 bits per heavy atom. The summed E-state index contributed by atoms with van der Waals surface area (Å²) in [5.41, 5.74) is 3.64. The molecule has 0 spiro atoms. The summed E-state index contributed by atoms with van der Waals surface area (Å²) in [6.45, 7) is 8.76. The lowest BCUT2D eigenvalue weighted by Gasteiger charge is -2.19. The number of carbonyl (C=O) groups excluding carboxylic acids is 1. The van der Waals surface area contributed by atoms with E-state index in [9.17, 15) is 4.79 Å². The molecule has 1 aliphatic rings. The number of likely N-dealkylation sites (N-methyl/N-ethyl adjacent to an activating group) is 1. The lowest BCUT2D eigenvalue weighted by atomic mass is 10.1. The van der Waals surface area contributed by atoms with E-state index >= 15 is 0 Å². The van der Waals surface area contributed by atoms with Crippen molar-refractivity contribution in [2.45, 2.75) is 39.3 Å². The Morgan fingerprint density at radius 3 is 2.79 bits per heavy atom. The van der Waals surface area contributed by atoms with E-state index in [1.165, 1.54) is 16.8 Å². The van der Waals surface area contributed by atoms with E-state index in [2.05, 4.69) is 40.8 Å². The minimum atomic E-state index is -0.458. The molecule has 5 heteroatoms. The molecule has 0 aromatic heterocycles. The second-order valence-electron chi connectivity index (χ2n) is 7.12. The molecule has 1 aliphatic heterocycles. The summed E-state index contributed by atoms with van der Waals surface area (Å²) in [6, 6.07) is 6.68. The Kier molecular flexibility index (Phi) is 6.26. The van der Waals surface area contributed by atoms with Crippen LogP contribution in [0.2, 0.25) is 0 Å². The predicted octanol–water partition coefficient (Wildman–Crippen LogP) is 2.85. The van der Waals surface area contributed by atoms with Gasteiger partial charge in [-0.25, -0.2) is 4.79 Å². The number of alkyl carbamates (subject to hydrolysis) is 1. The molecule has 1 aromatic rings. The molecule has 0 fully saturated rings. The standard InChI is InChI=1S/C19H29N3O2/c1-19(2,3)24-18(23)21-11-6-5-10-20-14-15-7-8-17-16(13-15)9-12-22(17)4/h5-8,13,20H,9-12,14H2,1-4H3,(H,21,23)/b6-5+. The minimum absolute atomic E-state index is 0.386. The monoisotopic (exact) mass is 331 g/mol. The highest BCUT2D eigenvalue weighted by atomic mass is 16.6. The molecule has 1 heterocycles. The first-order valence-electron chi connectivity index (χ1n) is 8.51. The van der Waals surface area contributed by atoms with E-state index in [1.807, 2.05) is 32.9 Å². The molecule has 2 rings (SSSR count). The summed E-state index contributed by atoms with van der Waals surface area (Å²) >= 11 is 0. The second-order valence-corrected chi connectivity index (χ2v) is 7.12. The third-order valence-corrected chi connectivity index (χ3v) is 3.79. The quantitative estimate of drug-likeness (QED) is 0.622. The summed E-state index contributed by atoms with van der Waals surface area (Å²) < 4.78 is 5.16. The predicted molar refractivity (Wildman–Crippen MR) is 98.5 cm³/mol. The average molecular weight is 331 g/mol. The zero-order valence-corrected chi connectivity index (χ0v) is 15.2. The third kappa shape index (κ3) is 5.89. The summed E-state index contributed by atoms with van der Waals surface area (Å²) in [5.74, 6) is 0. The van der Waals surface area contributed by atoms with Crippen LogP contribution in [0.15, 0.2) is 30.4 Å². The molecule has 0 saturated carbocycles. The first-order valence-corrected chi connectivity index (χ1v) is 8.51. The fourth-order valence-corrected chi connectivity index (χ4v) is 2.65. The SMILES string of the molecule is CN1CCc2cc(CNC/C=C/CNC(=O)OC(C)(C)C)ccc21. The van der Waals surface area contributed by atoms with E-state index < -0.39 is 5.60 Å². The maximum absolute atomic E-state index is 11.5. The van der Waals surface area contributed by atoms with Gasteiger partial charge in [0.05, 0.1) is 0 Å². The lowest BCUT2D eigenvalue weighted by molar-refractivity contribution is 0.0534. The van der Waals surface area contributed by atoms with Crippen LogP contribution in [0, 0.1) is 0 Å². The number of carbonyl (C=O) groups is 1. The molecule has 2 N–H and O–H groups in total. The van der Waals surface area contributed by atoms with Gasteiger partial charge in [-0.1, -0.05) is 24.3 Å². The van der Waals surface area contributed by atoms with Gasteiger partial charge in [0.2, 0.25) is 0 Å². The number of amides is 1. The average Bonchev–Trinajstić information content (AvgIpc) is 2.85. The number of fused-ring (bicyclic) bond motifs is 1. The second kappa shape index (κ2) is 8.20. The highest BCUT2D eigenvalue weighted by Crippen LogP contribution is 2.27. The highest BCUT2D eigenvalue weighted by Gasteiger charge is 2.15. The summed E-state index contributed by atoms with van der Waals surface area (Å²) in [7, 11) is 2.14. The molecule has 0 bridgehead atoms. The van der Waals surface area contributed by atoms with Gasteiger partial charge in [-0.05, 0) is 44.4 Å². The summed E-state index contributed by atoms with van der Waals surface area (Å²) in [4.78, 5) is 13.8. The van der Waals surface area contributed by atoms with Crippen molar-refractivity contribution in [1.82, 2.24) is 10.6 Å². The van der Waals surface area contributed by atoms with Crippen molar-refractivity contribution in [2.24, 2.45) is 0 Å². The fourth-order valence-electron chi connectivity index (χ4n) is 2.65. The normalized spacial score (nSPS) is 14.1. The number of hydrogen-bond acceptors (Lipinski definition) is 4. The number of ether oxygens (including phenoxy) is 1. The van der Waals surface area contributed by atoms with Crippen LogP contribution in [0.1, 0.15) is 31.9 Å². The van der Waals surface area contributed by atoms with Crippen molar-refractivity contribution in [3.05, 3.63) is 41.5 Å². The van der Waals surface area contributed by atoms with Crippen molar-refractivity contribution in [3.8, 4) is 0 Å². The summed E-state index contributed by atoms with van der Waals surface area (Å²) in [6.07, 6.45) is 4.69. The molecule has 132 valence electrons. The smallest absolute Gasteiger partial charge is 0.407 e. The molecule has 0 radical (unpaired) electrons. The Hall–Kier alpha value is -2.01. The lowest BCUT2D eigenvalue weighted by Crippen LogP contribution is -2.32. The van der Waals surface area contributed by atoms with Gasteiger partial charge < -0.3 is 20.3 Å². The molecule has 0 saturated heterocycles. The van der Waals surface area contributed by atoms with Gasteiger partial charge in [-0.15, -0.1) is 0 Å². The van der Waals surface area contributed by atoms with Gasteiger partial charge in [-0.3, -0.25) is 0 Å². The third-order valence-electron chi connectivity index (χ3n) is 3.79. The number of anilines is 1. The van der Waals surface area contributed by atoms with Crippen molar-refractivity contribution in [2.75, 3.05) is 31.6 Å². The number of nitrogens with zero attached hydrogens (tertiary/aromatic N) is 1. The van der Waals surface area contributed by atoms with Gasteiger partial charge in [0.25, 0.3) is 0 Å². The van der Waals surface area contributed by atoms with Crippen LogP contribution in [0.25, 0.3) is 0 Å². The Bertz CT molecular complexity index is 591. The van der Waals surface area contributed by atoms with Crippen LogP contribution in [0.3, 0.4) is 0 Å². The van der Waals surface area contributed by atoms with Gasteiger partial charge in [0, 0.05) is 38.9 Å². The van der Waals surface area contributed by atoms with Crippen LogP contribution in [-0.2, 0) is 17.7 Å². The maximum atomic E-state index is 11.5. The fraction of sp³-hybridized carbons (Fsp3) is 0.526. The van der Waals surface area contributed by atoms with Crippen LogP contribution in [0.4, 0.5) is 10.5 Å². The van der Waals surface area contributed by atoms with E-state index in [0.717, 1.165) is 26.1 Å². The molecule has 0 unspecified atom stereocenters. The van der Waals surface area contributed by atoms with Gasteiger partial charge >= 0.3 is 6.09 Å². The number of nitrogens with one attached hydrogen (secondary N) is 2. The topological polar surface area (TPSA) is 53.6 Å². The van der Waals surface area contributed by atoms with Gasteiger partial charge in [-0.2, -0.15) is 0 Å².